The third-order valence-corrected chi connectivity index (χ3v) is 5.45. The molecule has 2 fully saturated rings. The van der Waals surface area contributed by atoms with E-state index in [4.69, 9.17) is 4.74 Å². The van der Waals surface area contributed by atoms with Gasteiger partial charge >= 0.3 is 0 Å². The SMILES string of the molecule is O=C1NCC[C@@]12CCC[C@@H](c1ccc(OCc3ccccc3F)cc1)N2. The molecule has 0 radical (unpaired) electrons. The van der Waals surface area contributed by atoms with Gasteiger partial charge in [0.05, 0.1) is 5.54 Å². The summed E-state index contributed by atoms with van der Waals surface area (Å²) in [5.41, 5.74) is 1.30. The Bertz CT molecular complexity index is 793. The van der Waals surface area contributed by atoms with Gasteiger partial charge in [0.25, 0.3) is 0 Å². The van der Waals surface area contributed by atoms with Crippen LogP contribution in [0.2, 0.25) is 0 Å². The molecule has 0 unspecified atom stereocenters. The lowest BCUT2D eigenvalue weighted by molar-refractivity contribution is -0.126. The third-order valence-electron chi connectivity index (χ3n) is 5.45. The van der Waals surface area contributed by atoms with Gasteiger partial charge in [-0.2, -0.15) is 0 Å². The molecule has 2 aromatic carbocycles. The van der Waals surface area contributed by atoms with Crippen LogP contribution in [0.4, 0.5) is 4.39 Å². The van der Waals surface area contributed by atoms with Crippen LogP contribution >= 0.6 is 0 Å². The maximum atomic E-state index is 13.7. The molecule has 5 heteroatoms. The molecule has 136 valence electrons. The standard InChI is InChI=1S/C21H23FN2O2/c22-18-5-2-1-4-16(18)14-26-17-9-7-15(8-10-17)19-6-3-11-21(24-19)12-13-23-20(21)25/h1-2,4-5,7-10,19,24H,3,6,11-14H2,(H,23,25)/t19-,21-/m0/s1. The summed E-state index contributed by atoms with van der Waals surface area (Å²) in [4.78, 5) is 12.2. The van der Waals surface area contributed by atoms with Crippen molar-refractivity contribution in [2.24, 2.45) is 0 Å². The van der Waals surface area contributed by atoms with E-state index in [0.717, 1.165) is 37.8 Å². The van der Waals surface area contributed by atoms with E-state index in [1.165, 1.54) is 6.07 Å². The first kappa shape index (κ1) is 17.0. The zero-order valence-electron chi connectivity index (χ0n) is 14.6. The summed E-state index contributed by atoms with van der Waals surface area (Å²) < 4.78 is 19.4. The summed E-state index contributed by atoms with van der Waals surface area (Å²) in [5, 5.41) is 6.52. The van der Waals surface area contributed by atoms with Crippen LogP contribution < -0.4 is 15.4 Å². The molecule has 2 aliphatic heterocycles. The maximum absolute atomic E-state index is 13.7. The Hall–Kier alpha value is -2.40. The van der Waals surface area contributed by atoms with Crippen LogP contribution in [0, 0.1) is 5.82 Å². The summed E-state index contributed by atoms with van der Waals surface area (Å²) in [5.74, 6) is 0.587. The lowest BCUT2D eigenvalue weighted by Crippen LogP contribution is -2.54. The monoisotopic (exact) mass is 354 g/mol. The molecule has 4 rings (SSSR count). The highest BCUT2D eigenvalue weighted by Crippen LogP contribution is 2.35. The summed E-state index contributed by atoms with van der Waals surface area (Å²) in [6.07, 6.45) is 3.81. The number of carbonyl (C=O) groups excluding carboxylic acids is 1. The average molecular weight is 354 g/mol. The zero-order valence-corrected chi connectivity index (χ0v) is 14.6. The van der Waals surface area contributed by atoms with Crippen LogP contribution in [0.15, 0.2) is 48.5 Å². The Morgan fingerprint density at radius 2 is 1.92 bits per heavy atom. The Balaban J connectivity index is 1.41. The summed E-state index contributed by atoms with van der Waals surface area (Å²) in [7, 11) is 0. The molecule has 2 N–H and O–H groups in total. The van der Waals surface area contributed by atoms with Crippen LogP contribution in [0.3, 0.4) is 0 Å². The first-order valence-electron chi connectivity index (χ1n) is 9.18. The number of benzene rings is 2. The number of halogens is 1. The van der Waals surface area contributed by atoms with Crippen LogP contribution in [0.25, 0.3) is 0 Å². The topological polar surface area (TPSA) is 50.4 Å². The maximum Gasteiger partial charge on any atom is 0.240 e. The molecular weight excluding hydrogens is 331 g/mol. The molecule has 26 heavy (non-hydrogen) atoms. The Morgan fingerprint density at radius 1 is 1.12 bits per heavy atom. The highest BCUT2D eigenvalue weighted by atomic mass is 19.1. The molecule has 2 saturated heterocycles. The van der Waals surface area contributed by atoms with Crippen molar-refractivity contribution in [3.05, 3.63) is 65.5 Å². The summed E-state index contributed by atoms with van der Waals surface area (Å²) in [6.45, 7) is 0.957. The molecule has 0 aliphatic carbocycles. The quantitative estimate of drug-likeness (QED) is 0.884. The van der Waals surface area contributed by atoms with Gasteiger partial charge in [-0.15, -0.1) is 0 Å². The first-order valence-corrected chi connectivity index (χ1v) is 9.18. The van der Waals surface area contributed by atoms with E-state index in [9.17, 15) is 9.18 Å². The zero-order chi connectivity index (χ0) is 18.0. The van der Waals surface area contributed by atoms with Crippen molar-refractivity contribution in [2.45, 2.75) is 43.9 Å². The van der Waals surface area contributed by atoms with Crippen molar-refractivity contribution in [1.82, 2.24) is 10.6 Å². The second kappa shape index (κ2) is 7.08. The van der Waals surface area contributed by atoms with Crippen molar-refractivity contribution in [3.8, 4) is 5.75 Å². The average Bonchev–Trinajstić information content (AvgIpc) is 3.01. The molecule has 0 aromatic heterocycles. The fraction of sp³-hybridized carbons (Fsp3) is 0.381. The smallest absolute Gasteiger partial charge is 0.240 e. The number of ether oxygens (including phenoxy) is 1. The second-order valence-electron chi connectivity index (χ2n) is 7.13. The van der Waals surface area contributed by atoms with E-state index in [2.05, 4.69) is 10.6 Å². The fourth-order valence-electron chi connectivity index (χ4n) is 3.96. The van der Waals surface area contributed by atoms with Crippen molar-refractivity contribution in [3.63, 3.8) is 0 Å². The number of nitrogens with one attached hydrogen (secondary N) is 2. The Morgan fingerprint density at radius 3 is 2.65 bits per heavy atom. The van der Waals surface area contributed by atoms with E-state index in [0.29, 0.717) is 11.3 Å². The normalized spacial score (nSPS) is 25.3. The van der Waals surface area contributed by atoms with E-state index >= 15 is 0 Å². The van der Waals surface area contributed by atoms with Crippen LogP contribution in [-0.2, 0) is 11.4 Å². The fourth-order valence-corrected chi connectivity index (χ4v) is 3.96. The summed E-state index contributed by atoms with van der Waals surface area (Å²) >= 11 is 0. The minimum atomic E-state index is -0.400. The van der Waals surface area contributed by atoms with Gasteiger partial charge < -0.3 is 10.1 Å². The van der Waals surface area contributed by atoms with Crippen molar-refractivity contribution in [1.29, 1.82) is 0 Å². The van der Waals surface area contributed by atoms with Crippen LogP contribution in [-0.4, -0.2) is 18.0 Å². The number of carbonyl (C=O) groups is 1. The predicted octanol–water partition coefficient (Wildman–Crippen LogP) is 3.48. The molecule has 4 nitrogen and oxygen atoms in total. The molecule has 2 heterocycles. The minimum Gasteiger partial charge on any atom is -0.489 e. The number of hydrogen-bond acceptors (Lipinski definition) is 3. The van der Waals surface area contributed by atoms with Gasteiger partial charge in [0.1, 0.15) is 18.2 Å². The number of rotatable bonds is 4. The van der Waals surface area contributed by atoms with Crippen molar-refractivity contribution in [2.75, 3.05) is 6.54 Å². The number of piperidine rings is 1. The van der Waals surface area contributed by atoms with Gasteiger partial charge in [0.15, 0.2) is 0 Å². The van der Waals surface area contributed by atoms with Gasteiger partial charge in [-0.1, -0.05) is 30.3 Å². The lowest BCUT2D eigenvalue weighted by Gasteiger charge is -2.37. The van der Waals surface area contributed by atoms with E-state index in [-0.39, 0.29) is 24.4 Å². The van der Waals surface area contributed by atoms with Gasteiger partial charge in [-0.05, 0) is 49.4 Å². The molecule has 2 aliphatic rings. The van der Waals surface area contributed by atoms with E-state index in [1.54, 1.807) is 18.2 Å². The molecule has 2 aromatic rings. The van der Waals surface area contributed by atoms with Crippen LogP contribution in [0.5, 0.6) is 5.75 Å². The molecule has 1 spiro atoms. The largest absolute Gasteiger partial charge is 0.489 e. The third kappa shape index (κ3) is 3.31. The Labute approximate surface area is 152 Å². The van der Waals surface area contributed by atoms with E-state index < -0.39 is 5.54 Å². The second-order valence-corrected chi connectivity index (χ2v) is 7.13. The van der Waals surface area contributed by atoms with Crippen molar-refractivity contribution < 1.29 is 13.9 Å². The van der Waals surface area contributed by atoms with Crippen molar-refractivity contribution >= 4 is 5.91 Å². The number of amides is 1. The van der Waals surface area contributed by atoms with Gasteiger partial charge in [0, 0.05) is 18.2 Å². The van der Waals surface area contributed by atoms with Crippen LogP contribution in [0.1, 0.15) is 42.9 Å². The van der Waals surface area contributed by atoms with Gasteiger partial charge in [-0.25, -0.2) is 4.39 Å². The highest BCUT2D eigenvalue weighted by molar-refractivity contribution is 5.88. The molecule has 0 bridgehead atoms. The number of hydrogen-bond donors (Lipinski definition) is 2. The lowest BCUT2D eigenvalue weighted by atomic mass is 9.82. The molecular formula is C21H23FN2O2. The Kier molecular flexibility index (Phi) is 4.64. The van der Waals surface area contributed by atoms with Gasteiger partial charge in [-0.3, -0.25) is 10.1 Å². The predicted molar refractivity (Wildman–Crippen MR) is 97.3 cm³/mol. The first-order chi connectivity index (χ1) is 12.7. The summed E-state index contributed by atoms with van der Waals surface area (Å²) in [6, 6.07) is 14.7. The molecule has 1 amide bonds. The highest BCUT2D eigenvalue weighted by Gasteiger charge is 2.45. The van der Waals surface area contributed by atoms with Gasteiger partial charge in [0.2, 0.25) is 5.91 Å². The molecule has 0 saturated carbocycles. The minimum absolute atomic E-state index is 0.132. The molecule has 2 atom stereocenters. The van der Waals surface area contributed by atoms with E-state index in [1.807, 2.05) is 24.3 Å².